The van der Waals surface area contributed by atoms with Crippen LogP contribution in [0.3, 0.4) is 0 Å². The Kier molecular flexibility index (Phi) is 9.62. The SMILES string of the molecule is COc1ccc(-n2c(=O)c(C)cn([C@H]3C[C@H](OC(=O)c4ccccc4)[C@@H](COP(=O)(O)NCC(C)C)O3)c2=O)cc1. The minimum atomic E-state index is -4.18. The van der Waals surface area contributed by atoms with Gasteiger partial charge in [0, 0.05) is 24.7 Å². The average Bonchev–Trinajstić information content (AvgIpc) is 3.36. The van der Waals surface area contributed by atoms with E-state index in [9.17, 15) is 23.8 Å². The van der Waals surface area contributed by atoms with Crippen LogP contribution < -0.4 is 21.1 Å². The fourth-order valence-electron chi connectivity index (χ4n) is 4.31. The number of aromatic nitrogens is 2. The number of carbonyl (C=O) groups is 1. The summed E-state index contributed by atoms with van der Waals surface area (Å²) in [5, 5.41) is 2.49. The van der Waals surface area contributed by atoms with Crippen molar-refractivity contribution in [2.75, 3.05) is 20.3 Å². The van der Waals surface area contributed by atoms with E-state index in [1.807, 2.05) is 13.8 Å². The second-order valence-corrected chi connectivity index (χ2v) is 11.7. The first-order chi connectivity index (χ1) is 19.5. The summed E-state index contributed by atoms with van der Waals surface area (Å²) in [5.41, 5.74) is -0.251. The molecule has 4 rings (SSSR count). The first-order valence-electron chi connectivity index (χ1n) is 13.1. The molecule has 2 N–H and O–H groups in total. The maximum absolute atomic E-state index is 13.6. The molecule has 0 spiro atoms. The predicted octanol–water partition coefficient (Wildman–Crippen LogP) is 3.19. The molecule has 0 saturated carbocycles. The van der Waals surface area contributed by atoms with Gasteiger partial charge in [0.15, 0.2) is 0 Å². The van der Waals surface area contributed by atoms with Gasteiger partial charge in [0.05, 0.1) is 25.0 Å². The lowest BCUT2D eigenvalue weighted by molar-refractivity contribution is -0.0495. The van der Waals surface area contributed by atoms with Crippen LogP contribution in [-0.4, -0.2) is 52.5 Å². The summed E-state index contributed by atoms with van der Waals surface area (Å²) in [5.74, 6) is 0.0350. The van der Waals surface area contributed by atoms with Gasteiger partial charge in [-0.15, -0.1) is 0 Å². The number of carbonyl (C=O) groups excluding carboxylic acids is 1. The van der Waals surface area contributed by atoms with Gasteiger partial charge in [-0.1, -0.05) is 32.0 Å². The van der Waals surface area contributed by atoms with Gasteiger partial charge in [-0.2, -0.15) is 0 Å². The zero-order valence-electron chi connectivity index (χ0n) is 23.3. The number of nitrogens with one attached hydrogen (secondary N) is 1. The minimum absolute atomic E-state index is 0.0297. The molecule has 2 heterocycles. The highest BCUT2D eigenvalue weighted by molar-refractivity contribution is 7.50. The molecule has 4 atom stereocenters. The summed E-state index contributed by atoms with van der Waals surface area (Å²) >= 11 is 0. The minimum Gasteiger partial charge on any atom is -0.497 e. The van der Waals surface area contributed by atoms with E-state index in [0.717, 1.165) is 4.57 Å². The van der Waals surface area contributed by atoms with E-state index in [0.29, 0.717) is 17.0 Å². The zero-order chi connectivity index (χ0) is 29.7. The highest BCUT2D eigenvalue weighted by Gasteiger charge is 2.41. The third kappa shape index (κ3) is 7.41. The number of rotatable bonds is 11. The van der Waals surface area contributed by atoms with E-state index in [1.54, 1.807) is 61.5 Å². The fourth-order valence-corrected chi connectivity index (χ4v) is 5.34. The molecule has 13 heteroatoms. The molecule has 12 nitrogen and oxygen atoms in total. The van der Waals surface area contributed by atoms with Crippen molar-refractivity contribution in [1.29, 1.82) is 0 Å². The monoisotopic (exact) mass is 587 g/mol. The standard InChI is InChI=1S/C28H34N3O9P/c1-18(2)15-29-41(35,36)38-17-24-23(40-27(33)20-8-6-5-7-9-20)14-25(39-24)30-16-19(3)26(32)31(28(30)34)21-10-12-22(37-4)13-11-21/h5-13,16,18,23-25H,14-15,17H2,1-4H3,(H2,29,35,36)/t23-,24+,25+/m0/s1. The van der Waals surface area contributed by atoms with Crippen LogP contribution in [0.5, 0.6) is 5.75 Å². The van der Waals surface area contributed by atoms with Crippen molar-refractivity contribution in [3.8, 4) is 11.4 Å². The first-order valence-corrected chi connectivity index (χ1v) is 14.7. The maximum Gasteiger partial charge on any atom is 0.403 e. The quantitative estimate of drug-likeness (QED) is 0.253. The summed E-state index contributed by atoms with van der Waals surface area (Å²) in [6.07, 6.45) is -1.46. The number of esters is 1. The van der Waals surface area contributed by atoms with Crippen LogP contribution >= 0.6 is 7.75 Å². The Morgan fingerprint density at radius 1 is 1.15 bits per heavy atom. The molecule has 0 radical (unpaired) electrons. The van der Waals surface area contributed by atoms with Crippen LogP contribution in [0.25, 0.3) is 5.69 Å². The van der Waals surface area contributed by atoms with Crippen LogP contribution in [-0.2, 0) is 18.6 Å². The van der Waals surface area contributed by atoms with E-state index >= 15 is 0 Å². The Hall–Kier alpha value is -3.54. The van der Waals surface area contributed by atoms with Gasteiger partial charge in [0.25, 0.3) is 5.56 Å². The molecule has 220 valence electrons. The summed E-state index contributed by atoms with van der Waals surface area (Å²) in [7, 11) is -2.67. The van der Waals surface area contributed by atoms with Crippen LogP contribution in [0.1, 0.15) is 42.4 Å². The van der Waals surface area contributed by atoms with Gasteiger partial charge in [0.1, 0.15) is 24.2 Å². The molecule has 1 aliphatic heterocycles. The summed E-state index contributed by atoms with van der Waals surface area (Å²) in [4.78, 5) is 49.7. The smallest absolute Gasteiger partial charge is 0.403 e. The van der Waals surface area contributed by atoms with Crippen molar-refractivity contribution >= 4 is 13.7 Å². The highest BCUT2D eigenvalue weighted by Crippen LogP contribution is 2.39. The van der Waals surface area contributed by atoms with Crippen LogP contribution in [0, 0.1) is 12.8 Å². The Bertz CT molecular complexity index is 1520. The van der Waals surface area contributed by atoms with E-state index in [4.69, 9.17) is 18.7 Å². The third-order valence-electron chi connectivity index (χ3n) is 6.49. The molecule has 0 bridgehead atoms. The van der Waals surface area contributed by atoms with Gasteiger partial charge < -0.3 is 19.1 Å². The topological polar surface area (TPSA) is 147 Å². The lowest BCUT2D eigenvalue weighted by Gasteiger charge is -2.21. The Labute approximate surface area is 237 Å². The van der Waals surface area contributed by atoms with Crippen LogP contribution in [0.4, 0.5) is 0 Å². The first kappa shape index (κ1) is 30.4. The van der Waals surface area contributed by atoms with Crippen molar-refractivity contribution < 1.29 is 33.0 Å². The van der Waals surface area contributed by atoms with Crippen molar-refractivity contribution in [3.63, 3.8) is 0 Å². The molecule has 1 aromatic heterocycles. The fraction of sp³-hybridized carbons (Fsp3) is 0.393. The molecule has 3 aromatic rings. The van der Waals surface area contributed by atoms with Crippen molar-refractivity contribution in [1.82, 2.24) is 14.2 Å². The van der Waals surface area contributed by atoms with Gasteiger partial charge in [0.2, 0.25) is 0 Å². The number of methoxy groups -OCH3 is 1. The second-order valence-electron chi connectivity index (χ2n) is 10.1. The largest absolute Gasteiger partial charge is 0.497 e. The molecule has 0 amide bonds. The van der Waals surface area contributed by atoms with Crippen molar-refractivity contribution in [2.45, 2.75) is 45.6 Å². The molecular weight excluding hydrogens is 553 g/mol. The number of hydrogen-bond acceptors (Lipinski definition) is 8. The van der Waals surface area contributed by atoms with Crippen LogP contribution in [0.15, 0.2) is 70.4 Å². The van der Waals surface area contributed by atoms with Gasteiger partial charge in [-0.05, 0) is 49.2 Å². The molecular formula is C28H34N3O9P. The second kappa shape index (κ2) is 13.0. The molecule has 1 saturated heterocycles. The number of ether oxygens (including phenoxy) is 3. The Balaban J connectivity index is 1.63. The lowest BCUT2D eigenvalue weighted by Crippen LogP contribution is -2.41. The molecule has 1 fully saturated rings. The molecule has 1 aliphatic rings. The highest BCUT2D eigenvalue weighted by atomic mass is 31.2. The van der Waals surface area contributed by atoms with Crippen molar-refractivity contribution in [3.05, 3.63) is 92.8 Å². The zero-order valence-corrected chi connectivity index (χ0v) is 24.2. The van der Waals surface area contributed by atoms with Crippen molar-refractivity contribution in [2.24, 2.45) is 5.92 Å². The van der Waals surface area contributed by atoms with Crippen LogP contribution in [0.2, 0.25) is 0 Å². The van der Waals surface area contributed by atoms with E-state index < -0.39 is 50.0 Å². The summed E-state index contributed by atoms with van der Waals surface area (Å²) < 4.78 is 37.0. The Morgan fingerprint density at radius 3 is 2.46 bits per heavy atom. The summed E-state index contributed by atoms with van der Waals surface area (Å²) in [6.45, 7) is 5.18. The number of benzene rings is 2. The third-order valence-corrected chi connectivity index (χ3v) is 7.57. The number of hydrogen-bond donors (Lipinski definition) is 2. The average molecular weight is 588 g/mol. The maximum atomic E-state index is 13.6. The van der Waals surface area contributed by atoms with Gasteiger partial charge in [-0.3, -0.25) is 13.9 Å². The predicted molar refractivity (Wildman–Crippen MR) is 150 cm³/mol. The summed E-state index contributed by atoms with van der Waals surface area (Å²) in [6, 6.07) is 14.8. The normalized spacial score (nSPS) is 20.1. The van der Waals surface area contributed by atoms with Gasteiger partial charge >= 0.3 is 19.4 Å². The van der Waals surface area contributed by atoms with E-state index in [-0.39, 0.29) is 24.4 Å². The molecule has 1 unspecified atom stereocenters. The molecule has 0 aliphatic carbocycles. The Morgan fingerprint density at radius 2 is 1.83 bits per heavy atom. The van der Waals surface area contributed by atoms with Gasteiger partial charge in [-0.25, -0.2) is 23.8 Å². The van der Waals surface area contributed by atoms with E-state index in [2.05, 4.69) is 5.09 Å². The molecule has 41 heavy (non-hydrogen) atoms. The number of nitrogens with zero attached hydrogens (tertiary/aromatic N) is 2. The number of aryl methyl sites for hydroxylation is 1. The molecule has 2 aromatic carbocycles. The van der Waals surface area contributed by atoms with E-state index in [1.165, 1.54) is 17.9 Å². The lowest BCUT2D eigenvalue weighted by atomic mass is 10.1.